The fraction of sp³-hybridized carbons (Fsp3) is 0.667. The van der Waals surface area contributed by atoms with Crippen LogP contribution in [0, 0.1) is 12.8 Å². The molecule has 0 spiro atoms. The van der Waals surface area contributed by atoms with Gasteiger partial charge in [-0.25, -0.2) is 10.2 Å². The summed E-state index contributed by atoms with van der Waals surface area (Å²) in [6, 6.07) is 3.78. The average Bonchev–Trinajstić information content (AvgIpc) is 3.07. The molecule has 2 aliphatic carbocycles. The number of amides is 2. The lowest BCUT2D eigenvalue weighted by molar-refractivity contribution is -0.121. The molecule has 3 fully saturated rings. The Morgan fingerprint density at radius 2 is 2.07 bits per heavy atom. The molecule has 3 aliphatic rings. The van der Waals surface area contributed by atoms with E-state index in [0.717, 1.165) is 44.2 Å². The molecule has 1 aliphatic heterocycles. The summed E-state index contributed by atoms with van der Waals surface area (Å²) in [6.45, 7) is 3.86. The van der Waals surface area contributed by atoms with Gasteiger partial charge in [0.1, 0.15) is 6.10 Å². The number of pyridine rings is 1. The van der Waals surface area contributed by atoms with E-state index < -0.39 is 0 Å². The Morgan fingerprint density at radius 1 is 1.27 bits per heavy atom. The highest BCUT2D eigenvalue weighted by atomic mass is 35.5. The highest BCUT2D eigenvalue weighted by Crippen LogP contribution is 2.36. The van der Waals surface area contributed by atoms with E-state index in [1.165, 1.54) is 0 Å². The van der Waals surface area contributed by atoms with E-state index in [1.54, 1.807) is 12.1 Å². The lowest BCUT2D eigenvalue weighted by atomic mass is 9.96. The molecule has 0 bridgehead atoms. The number of hydrogen-bond acceptors (Lipinski definition) is 6. The number of aryl methyl sites for hydroxylation is 1. The molecule has 4 rings (SSSR count). The summed E-state index contributed by atoms with van der Waals surface area (Å²) < 4.78 is 5.61. The number of ether oxygens (including phenoxy) is 1. The van der Waals surface area contributed by atoms with Crippen LogP contribution < -0.4 is 21.5 Å². The van der Waals surface area contributed by atoms with Gasteiger partial charge in [-0.2, -0.15) is 0 Å². The van der Waals surface area contributed by atoms with Crippen molar-refractivity contribution < 1.29 is 14.3 Å². The van der Waals surface area contributed by atoms with Crippen molar-refractivity contribution >= 4 is 23.6 Å². The first kappa shape index (κ1) is 21.3. The van der Waals surface area contributed by atoms with Crippen LogP contribution >= 0.6 is 11.6 Å². The number of carbonyl (C=O) groups is 2. The van der Waals surface area contributed by atoms with Crippen LogP contribution in [-0.4, -0.2) is 40.8 Å². The third-order valence-electron chi connectivity index (χ3n) is 6.36. The second-order valence-electron chi connectivity index (χ2n) is 9.08. The second-order valence-corrected chi connectivity index (χ2v) is 9.49. The first-order chi connectivity index (χ1) is 14.3. The zero-order valence-corrected chi connectivity index (χ0v) is 18.2. The minimum atomic E-state index is -0.297. The number of rotatable bonds is 6. The number of halogens is 1. The highest BCUT2D eigenvalue weighted by molar-refractivity contribution is 6.31. The van der Waals surface area contributed by atoms with Crippen molar-refractivity contribution in [2.24, 2.45) is 5.92 Å². The van der Waals surface area contributed by atoms with Gasteiger partial charge in [-0.05, 0) is 70.4 Å². The molecule has 1 aromatic heterocycles. The number of alkyl carbamates (subject to hydrolysis) is 1. The summed E-state index contributed by atoms with van der Waals surface area (Å²) in [5.41, 5.74) is 7.84. The normalized spacial score (nSPS) is 29.4. The minimum Gasteiger partial charge on any atom is -0.446 e. The summed E-state index contributed by atoms with van der Waals surface area (Å²) in [5.74, 6) is 0.330. The first-order valence-electron chi connectivity index (χ1n) is 10.7. The molecule has 1 aromatic rings. The van der Waals surface area contributed by atoms with Gasteiger partial charge in [-0.15, -0.1) is 0 Å². The molecule has 9 heteroatoms. The van der Waals surface area contributed by atoms with Gasteiger partial charge in [0.25, 0.3) is 0 Å². The summed E-state index contributed by atoms with van der Waals surface area (Å²) in [5, 5.41) is 6.56. The zero-order valence-electron chi connectivity index (χ0n) is 17.5. The maximum atomic E-state index is 12.4. The topological polar surface area (TPSA) is 104 Å². The van der Waals surface area contributed by atoms with Gasteiger partial charge in [0.2, 0.25) is 5.91 Å². The monoisotopic (exact) mass is 435 g/mol. The van der Waals surface area contributed by atoms with Crippen LogP contribution in [0.15, 0.2) is 12.1 Å². The van der Waals surface area contributed by atoms with Crippen molar-refractivity contribution in [1.29, 1.82) is 0 Å². The van der Waals surface area contributed by atoms with Crippen LogP contribution in [0.3, 0.4) is 0 Å². The lowest BCUT2D eigenvalue weighted by Gasteiger charge is -2.19. The number of hydrazine groups is 1. The molecule has 1 saturated heterocycles. The lowest BCUT2D eigenvalue weighted by Crippen LogP contribution is -2.45. The van der Waals surface area contributed by atoms with E-state index in [0.29, 0.717) is 16.6 Å². The molecule has 30 heavy (non-hydrogen) atoms. The van der Waals surface area contributed by atoms with E-state index in [2.05, 4.69) is 26.5 Å². The smallest absolute Gasteiger partial charge is 0.407 e. The third-order valence-corrected chi connectivity index (χ3v) is 6.76. The van der Waals surface area contributed by atoms with Crippen molar-refractivity contribution in [3.63, 3.8) is 0 Å². The van der Waals surface area contributed by atoms with Gasteiger partial charge in [0, 0.05) is 11.6 Å². The third kappa shape index (κ3) is 5.42. The van der Waals surface area contributed by atoms with E-state index in [1.807, 2.05) is 13.8 Å². The van der Waals surface area contributed by atoms with Crippen LogP contribution in [-0.2, 0) is 16.0 Å². The molecule has 2 unspecified atom stereocenters. The maximum Gasteiger partial charge on any atom is 0.407 e. The fourth-order valence-corrected chi connectivity index (χ4v) is 4.38. The predicted molar refractivity (Wildman–Crippen MR) is 113 cm³/mol. The quantitative estimate of drug-likeness (QED) is 0.546. The number of nitrogens with one attached hydrogen (secondary N) is 4. The van der Waals surface area contributed by atoms with Crippen LogP contribution in [0.2, 0.25) is 5.02 Å². The van der Waals surface area contributed by atoms with E-state index >= 15 is 0 Å². The Bertz CT molecular complexity index is 816. The molecular weight excluding hydrogens is 406 g/mol. The van der Waals surface area contributed by atoms with Gasteiger partial charge >= 0.3 is 6.09 Å². The Labute approximate surface area is 181 Å². The summed E-state index contributed by atoms with van der Waals surface area (Å²) >= 11 is 5.99. The van der Waals surface area contributed by atoms with E-state index in [9.17, 15) is 9.59 Å². The van der Waals surface area contributed by atoms with Crippen LogP contribution in [0.1, 0.15) is 56.8 Å². The van der Waals surface area contributed by atoms with Crippen LogP contribution in [0.25, 0.3) is 0 Å². The molecule has 0 aromatic carbocycles. The molecule has 2 heterocycles. The molecule has 4 atom stereocenters. The second kappa shape index (κ2) is 8.69. The Morgan fingerprint density at radius 3 is 2.80 bits per heavy atom. The van der Waals surface area contributed by atoms with Crippen LogP contribution in [0.4, 0.5) is 4.79 Å². The van der Waals surface area contributed by atoms with Gasteiger partial charge in [-0.1, -0.05) is 11.6 Å². The fourth-order valence-electron chi connectivity index (χ4n) is 4.27. The van der Waals surface area contributed by atoms with Gasteiger partial charge in [-0.3, -0.25) is 15.2 Å². The Balaban J connectivity index is 1.19. The first-order valence-corrected chi connectivity index (χ1v) is 11.1. The van der Waals surface area contributed by atoms with Crippen molar-refractivity contribution in [1.82, 2.24) is 26.5 Å². The van der Waals surface area contributed by atoms with Crippen molar-refractivity contribution in [3.8, 4) is 0 Å². The van der Waals surface area contributed by atoms with Crippen molar-refractivity contribution in [2.75, 3.05) is 0 Å². The average molecular weight is 436 g/mol. The number of nitrogens with zero attached hydrogens (tertiary/aromatic N) is 1. The standard InChI is InChI=1S/C21H30ClN5O3/c1-12-16(22)6-4-14(23-12)10-19(28)24-18-11-17(26-27-18)13-3-5-15(9-13)30-20(29)25-21(2)7-8-21/h4,6,13,15,17-18,26-27H,3,5,7-11H2,1-2H3,(H,24,28)(H,25,29)/t13-,15+,17?,18?/m0/s1. The molecule has 0 radical (unpaired) electrons. The highest BCUT2D eigenvalue weighted by Gasteiger charge is 2.41. The molecular formula is C21H30ClN5O3. The number of aromatic nitrogens is 1. The predicted octanol–water partition coefficient (Wildman–Crippen LogP) is 2.34. The molecule has 4 N–H and O–H groups in total. The molecule has 8 nitrogen and oxygen atoms in total. The molecule has 2 amide bonds. The number of carbonyl (C=O) groups excluding carboxylic acids is 2. The van der Waals surface area contributed by atoms with Gasteiger partial charge in [0.05, 0.1) is 29.0 Å². The minimum absolute atomic E-state index is 0.0352. The van der Waals surface area contributed by atoms with Crippen molar-refractivity contribution in [3.05, 3.63) is 28.5 Å². The zero-order chi connectivity index (χ0) is 21.3. The summed E-state index contributed by atoms with van der Waals surface area (Å²) in [7, 11) is 0. The Kier molecular flexibility index (Phi) is 6.18. The largest absolute Gasteiger partial charge is 0.446 e. The molecule has 2 saturated carbocycles. The summed E-state index contributed by atoms with van der Waals surface area (Å²) in [4.78, 5) is 28.7. The van der Waals surface area contributed by atoms with Crippen LogP contribution in [0.5, 0.6) is 0 Å². The number of hydrogen-bond donors (Lipinski definition) is 4. The summed E-state index contributed by atoms with van der Waals surface area (Å²) in [6.07, 6.45) is 5.32. The van der Waals surface area contributed by atoms with Gasteiger partial charge < -0.3 is 15.4 Å². The molecule has 164 valence electrons. The Hall–Kier alpha value is -1.90. The maximum absolute atomic E-state index is 12.4. The van der Waals surface area contributed by atoms with Crippen molar-refractivity contribution in [2.45, 2.75) is 82.6 Å². The van der Waals surface area contributed by atoms with Gasteiger partial charge in [0.15, 0.2) is 0 Å². The van der Waals surface area contributed by atoms with E-state index in [4.69, 9.17) is 16.3 Å². The van der Waals surface area contributed by atoms with E-state index in [-0.39, 0.29) is 42.3 Å². The SMILES string of the molecule is Cc1nc(CC(=O)NC2CC([C@H]3CC[C@@H](OC(=O)NC4(C)CC4)C3)NN2)ccc1Cl.